The number of esters is 2. The highest BCUT2D eigenvalue weighted by Crippen LogP contribution is 2.13. The Kier molecular flexibility index (Phi) is 34.7. The molecular formula is C41H68O5. The lowest BCUT2D eigenvalue weighted by molar-refractivity contribution is -0.161. The van der Waals surface area contributed by atoms with Gasteiger partial charge in [-0.15, -0.1) is 0 Å². The molecule has 5 nitrogen and oxygen atoms in total. The second-order valence-corrected chi connectivity index (χ2v) is 11.9. The number of ether oxygens (including phenoxy) is 2. The van der Waals surface area contributed by atoms with E-state index in [2.05, 4.69) is 74.6 Å². The van der Waals surface area contributed by atoms with Gasteiger partial charge in [-0.25, -0.2) is 0 Å². The van der Waals surface area contributed by atoms with E-state index in [1.165, 1.54) is 64.2 Å². The lowest BCUT2D eigenvalue weighted by atomic mass is 10.0. The zero-order chi connectivity index (χ0) is 33.6. The lowest BCUT2D eigenvalue weighted by Gasteiger charge is -2.15. The average molecular weight is 641 g/mol. The molecule has 0 amide bonds. The number of aliphatic hydroxyl groups is 1. The highest BCUT2D eigenvalue weighted by molar-refractivity contribution is 5.70. The van der Waals surface area contributed by atoms with Gasteiger partial charge in [0.1, 0.15) is 6.61 Å². The summed E-state index contributed by atoms with van der Waals surface area (Å²) < 4.78 is 10.5. The number of carbonyl (C=O) groups excluding carboxylic acids is 2. The molecule has 1 N–H and O–H groups in total. The molecular weight excluding hydrogens is 572 g/mol. The Labute approximate surface area is 283 Å². The second kappa shape index (κ2) is 36.8. The highest BCUT2D eigenvalue weighted by Gasteiger charge is 2.15. The first-order valence-electron chi connectivity index (χ1n) is 18.5. The molecule has 0 aromatic rings. The first-order valence-corrected chi connectivity index (χ1v) is 18.5. The minimum Gasteiger partial charge on any atom is -0.462 e. The van der Waals surface area contributed by atoms with Crippen LogP contribution >= 0.6 is 0 Å². The number of hydrogen-bond acceptors (Lipinski definition) is 5. The molecule has 0 spiro atoms. The summed E-state index contributed by atoms with van der Waals surface area (Å²) in [6.07, 6.45) is 48.2. The lowest BCUT2D eigenvalue weighted by Crippen LogP contribution is -2.28. The molecule has 0 aromatic carbocycles. The molecule has 0 bridgehead atoms. The molecule has 0 aliphatic heterocycles. The van der Waals surface area contributed by atoms with Gasteiger partial charge in [0.25, 0.3) is 0 Å². The van der Waals surface area contributed by atoms with Crippen molar-refractivity contribution < 1.29 is 24.2 Å². The summed E-state index contributed by atoms with van der Waals surface area (Å²) in [4.78, 5) is 24.2. The van der Waals surface area contributed by atoms with E-state index < -0.39 is 6.10 Å². The van der Waals surface area contributed by atoms with Crippen molar-refractivity contribution in [1.29, 1.82) is 0 Å². The average Bonchev–Trinajstić information content (AvgIpc) is 3.06. The van der Waals surface area contributed by atoms with Crippen LogP contribution in [0.2, 0.25) is 0 Å². The van der Waals surface area contributed by atoms with Gasteiger partial charge in [-0.2, -0.15) is 0 Å². The Balaban J connectivity index is 3.73. The molecule has 0 aromatic heterocycles. The van der Waals surface area contributed by atoms with Gasteiger partial charge in [0.15, 0.2) is 6.10 Å². The third-order valence-electron chi connectivity index (χ3n) is 7.53. The SMILES string of the molecule is CC/C=C\C/C=C/C/C=C/C/C=C/C/C=C/C/C=C/CCC(=O)OC[C@@H](CO)OC(=O)CCCCCCCCCCCCCCC. The summed E-state index contributed by atoms with van der Waals surface area (Å²) in [7, 11) is 0. The largest absolute Gasteiger partial charge is 0.462 e. The summed E-state index contributed by atoms with van der Waals surface area (Å²) in [5.41, 5.74) is 0. The van der Waals surface area contributed by atoms with Crippen LogP contribution in [0.1, 0.15) is 155 Å². The minimum atomic E-state index is -0.802. The van der Waals surface area contributed by atoms with Gasteiger partial charge in [0.2, 0.25) is 0 Å². The summed E-state index contributed by atoms with van der Waals surface area (Å²) in [6, 6.07) is 0. The van der Waals surface area contributed by atoms with E-state index in [1.807, 2.05) is 12.2 Å². The number of unbranched alkanes of at least 4 members (excludes halogenated alkanes) is 12. The first kappa shape index (κ1) is 43.3. The van der Waals surface area contributed by atoms with Gasteiger partial charge in [-0.05, 0) is 51.4 Å². The Morgan fingerprint density at radius 2 is 0.935 bits per heavy atom. The molecule has 0 saturated heterocycles. The van der Waals surface area contributed by atoms with E-state index in [0.717, 1.165) is 57.8 Å². The molecule has 46 heavy (non-hydrogen) atoms. The number of carbonyl (C=O) groups is 2. The van der Waals surface area contributed by atoms with Crippen LogP contribution < -0.4 is 0 Å². The zero-order valence-electron chi connectivity index (χ0n) is 29.6. The fraction of sp³-hybridized carbons (Fsp3) is 0.659. The Hall–Kier alpha value is -2.66. The van der Waals surface area contributed by atoms with Gasteiger partial charge >= 0.3 is 11.9 Å². The highest BCUT2D eigenvalue weighted by atomic mass is 16.6. The quantitative estimate of drug-likeness (QED) is 0.0450. The summed E-state index contributed by atoms with van der Waals surface area (Å²) in [5, 5.41) is 9.52. The van der Waals surface area contributed by atoms with Crippen LogP contribution in [0.4, 0.5) is 0 Å². The molecule has 0 rings (SSSR count). The Morgan fingerprint density at radius 3 is 1.37 bits per heavy atom. The van der Waals surface area contributed by atoms with Crippen LogP contribution in [0.3, 0.4) is 0 Å². The number of rotatable bonds is 32. The van der Waals surface area contributed by atoms with Crippen molar-refractivity contribution in [2.45, 2.75) is 161 Å². The van der Waals surface area contributed by atoms with Gasteiger partial charge in [-0.1, -0.05) is 164 Å². The summed E-state index contributed by atoms with van der Waals surface area (Å²) >= 11 is 0. The van der Waals surface area contributed by atoms with E-state index in [9.17, 15) is 14.7 Å². The van der Waals surface area contributed by atoms with Crippen LogP contribution in [0.5, 0.6) is 0 Å². The third kappa shape index (κ3) is 34.2. The summed E-state index contributed by atoms with van der Waals surface area (Å²) in [6.45, 7) is 3.94. The van der Waals surface area contributed by atoms with Crippen LogP contribution in [0, 0.1) is 0 Å². The van der Waals surface area contributed by atoms with Gasteiger partial charge < -0.3 is 14.6 Å². The predicted molar refractivity (Wildman–Crippen MR) is 196 cm³/mol. The van der Waals surface area contributed by atoms with Crippen molar-refractivity contribution in [3.05, 3.63) is 72.9 Å². The monoisotopic (exact) mass is 641 g/mol. The van der Waals surface area contributed by atoms with Crippen molar-refractivity contribution in [3.8, 4) is 0 Å². The van der Waals surface area contributed by atoms with E-state index in [0.29, 0.717) is 12.8 Å². The van der Waals surface area contributed by atoms with E-state index in [4.69, 9.17) is 9.47 Å². The van der Waals surface area contributed by atoms with Crippen molar-refractivity contribution >= 4 is 11.9 Å². The van der Waals surface area contributed by atoms with Crippen molar-refractivity contribution in [3.63, 3.8) is 0 Å². The van der Waals surface area contributed by atoms with Crippen LogP contribution in [0.15, 0.2) is 72.9 Å². The molecule has 0 unspecified atom stereocenters. The van der Waals surface area contributed by atoms with Crippen LogP contribution in [0.25, 0.3) is 0 Å². The van der Waals surface area contributed by atoms with Gasteiger partial charge in [-0.3, -0.25) is 9.59 Å². The van der Waals surface area contributed by atoms with Crippen LogP contribution in [-0.4, -0.2) is 36.4 Å². The molecule has 0 heterocycles. The van der Waals surface area contributed by atoms with Gasteiger partial charge in [0.05, 0.1) is 6.61 Å². The summed E-state index contributed by atoms with van der Waals surface area (Å²) in [5.74, 6) is -0.693. The molecule has 5 heteroatoms. The molecule has 0 radical (unpaired) electrons. The number of allylic oxidation sites excluding steroid dienone is 12. The van der Waals surface area contributed by atoms with E-state index in [1.54, 1.807) is 0 Å². The molecule has 0 aliphatic carbocycles. The smallest absolute Gasteiger partial charge is 0.306 e. The minimum absolute atomic E-state index is 0.108. The van der Waals surface area contributed by atoms with Gasteiger partial charge in [0, 0.05) is 12.8 Å². The Bertz CT molecular complexity index is 864. The molecule has 0 aliphatic rings. The predicted octanol–water partition coefficient (Wildman–Crippen LogP) is 11.4. The maximum Gasteiger partial charge on any atom is 0.306 e. The first-order chi connectivity index (χ1) is 22.6. The number of aliphatic hydroxyl groups excluding tert-OH is 1. The molecule has 0 fully saturated rings. The maximum absolute atomic E-state index is 12.1. The van der Waals surface area contributed by atoms with Crippen molar-refractivity contribution in [2.24, 2.45) is 0 Å². The third-order valence-corrected chi connectivity index (χ3v) is 7.53. The zero-order valence-corrected chi connectivity index (χ0v) is 29.6. The van der Waals surface area contributed by atoms with Crippen molar-refractivity contribution in [1.82, 2.24) is 0 Å². The standard InChI is InChI=1S/C41H68O5/c1-3-5-7-9-11-13-15-17-18-19-20-21-22-24-25-27-29-31-33-35-40(43)45-38-39(37-42)46-41(44)36-34-32-30-28-26-23-16-14-12-10-8-6-4-2/h5,7,11,13,17-18,20-21,24-25,29,31,39,42H,3-4,6,8-10,12,14-16,19,22-23,26-28,30,32-38H2,1-2H3/b7-5-,13-11+,18-17+,21-20+,25-24+,31-29+/t39-/m1/s1. The second-order valence-electron chi connectivity index (χ2n) is 11.9. The molecule has 0 saturated carbocycles. The fourth-order valence-corrected chi connectivity index (χ4v) is 4.75. The normalized spacial score (nSPS) is 13.0. The van der Waals surface area contributed by atoms with E-state index >= 15 is 0 Å². The fourth-order valence-electron chi connectivity index (χ4n) is 4.75. The van der Waals surface area contributed by atoms with Crippen LogP contribution in [-0.2, 0) is 19.1 Å². The topological polar surface area (TPSA) is 72.8 Å². The maximum atomic E-state index is 12.1. The molecule has 1 atom stereocenters. The van der Waals surface area contributed by atoms with Crippen molar-refractivity contribution in [2.75, 3.05) is 13.2 Å². The molecule has 262 valence electrons. The van der Waals surface area contributed by atoms with E-state index in [-0.39, 0.29) is 31.6 Å². The Morgan fingerprint density at radius 1 is 0.522 bits per heavy atom. The number of hydrogen-bond donors (Lipinski definition) is 1.